The summed E-state index contributed by atoms with van der Waals surface area (Å²) in [5, 5.41) is 6.54. The summed E-state index contributed by atoms with van der Waals surface area (Å²) < 4.78 is 26.2. The summed E-state index contributed by atoms with van der Waals surface area (Å²) in [6.45, 7) is 1.14. The molecule has 1 saturated heterocycles. The summed E-state index contributed by atoms with van der Waals surface area (Å²) in [6.07, 6.45) is 2.00. The highest BCUT2D eigenvalue weighted by atomic mass is 19.1. The number of likely N-dealkylation sites (tertiary alicyclic amines) is 1. The predicted octanol–water partition coefficient (Wildman–Crippen LogP) is 2.81. The van der Waals surface area contributed by atoms with Crippen LogP contribution >= 0.6 is 0 Å². The highest BCUT2D eigenvalue weighted by Crippen LogP contribution is 2.32. The second-order valence-corrected chi connectivity index (χ2v) is 7.71. The number of para-hydroxylation sites is 2. The van der Waals surface area contributed by atoms with Gasteiger partial charge in [0.2, 0.25) is 0 Å². The number of amides is 1. The average Bonchev–Trinajstić information content (AvgIpc) is 3.18. The molecule has 168 valence electrons. The highest BCUT2D eigenvalue weighted by Gasteiger charge is 2.28. The topological polar surface area (TPSA) is 89.5 Å². The molecule has 0 atom stereocenters. The number of benzene rings is 2. The maximum absolute atomic E-state index is 14.2. The number of rotatable bonds is 6. The summed E-state index contributed by atoms with van der Waals surface area (Å²) in [7, 11) is 3.05. The number of carbonyl (C=O) groups is 1. The van der Waals surface area contributed by atoms with E-state index < -0.39 is 11.5 Å². The number of methoxy groups -OCH3 is 2. The lowest BCUT2D eigenvalue weighted by Crippen LogP contribution is -2.39. The number of piperidine rings is 1. The fourth-order valence-corrected chi connectivity index (χ4v) is 4.17. The van der Waals surface area contributed by atoms with Gasteiger partial charge in [-0.2, -0.15) is 5.10 Å². The number of aromatic nitrogens is 3. The first-order valence-electron chi connectivity index (χ1n) is 10.4. The third kappa shape index (κ3) is 4.10. The van der Waals surface area contributed by atoms with E-state index in [0.717, 1.165) is 12.8 Å². The highest BCUT2D eigenvalue weighted by molar-refractivity contribution is 5.97. The monoisotopic (exact) mass is 440 g/mol. The van der Waals surface area contributed by atoms with E-state index in [1.54, 1.807) is 41.3 Å². The molecular formula is C23H25FN4O4. The SMILES string of the molecule is COc1cccc(C(=O)N2CCC(Cc3n[nH]c(=O)n3-c3ccccc3F)CC2)c1OC. The first kappa shape index (κ1) is 21.6. The van der Waals surface area contributed by atoms with Crippen LogP contribution in [0.25, 0.3) is 5.69 Å². The van der Waals surface area contributed by atoms with E-state index in [9.17, 15) is 14.0 Å². The molecule has 0 saturated carbocycles. The van der Waals surface area contributed by atoms with Gasteiger partial charge in [-0.25, -0.2) is 18.9 Å². The number of ether oxygens (including phenoxy) is 2. The van der Waals surface area contributed by atoms with Gasteiger partial charge in [-0.3, -0.25) is 4.79 Å². The van der Waals surface area contributed by atoms with Crippen LogP contribution in [0.2, 0.25) is 0 Å². The van der Waals surface area contributed by atoms with E-state index in [1.165, 1.54) is 24.9 Å². The molecule has 0 unspecified atom stereocenters. The Hall–Kier alpha value is -3.62. The Morgan fingerprint density at radius 2 is 1.88 bits per heavy atom. The molecule has 0 spiro atoms. The Bertz CT molecular complexity index is 1160. The van der Waals surface area contributed by atoms with Crippen molar-refractivity contribution in [2.45, 2.75) is 19.3 Å². The van der Waals surface area contributed by atoms with E-state index in [-0.39, 0.29) is 17.5 Å². The molecule has 4 rings (SSSR count). The van der Waals surface area contributed by atoms with E-state index in [2.05, 4.69) is 10.2 Å². The molecule has 1 aliphatic rings. The number of hydrogen-bond donors (Lipinski definition) is 1. The maximum atomic E-state index is 14.2. The van der Waals surface area contributed by atoms with Crippen LogP contribution in [0, 0.1) is 11.7 Å². The number of carbonyl (C=O) groups excluding carboxylic acids is 1. The third-order valence-corrected chi connectivity index (χ3v) is 5.84. The lowest BCUT2D eigenvalue weighted by Gasteiger charge is -2.32. The number of halogens is 1. The first-order chi connectivity index (χ1) is 15.5. The van der Waals surface area contributed by atoms with E-state index in [4.69, 9.17) is 9.47 Å². The Balaban J connectivity index is 1.46. The van der Waals surface area contributed by atoms with Crippen LogP contribution in [0.5, 0.6) is 11.5 Å². The molecule has 8 nitrogen and oxygen atoms in total. The van der Waals surface area contributed by atoms with E-state index in [0.29, 0.717) is 42.4 Å². The van der Waals surface area contributed by atoms with Crippen LogP contribution in [0.4, 0.5) is 4.39 Å². The van der Waals surface area contributed by atoms with Crippen LogP contribution in [0.1, 0.15) is 29.0 Å². The summed E-state index contributed by atoms with van der Waals surface area (Å²) in [5.41, 5.74) is 0.174. The summed E-state index contributed by atoms with van der Waals surface area (Å²) in [5.74, 6) is 1.05. The van der Waals surface area contributed by atoms with E-state index >= 15 is 0 Å². The van der Waals surface area contributed by atoms with Gasteiger partial charge in [0.25, 0.3) is 5.91 Å². The Kier molecular flexibility index (Phi) is 6.25. The molecule has 0 aliphatic carbocycles. The molecule has 0 bridgehead atoms. The molecule has 1 fully saturated rings. The van der Waals surface area contributed by atoms with Gasteiger partial charge >= 0.3 is 5.69 Å². The normalized spacial score (nSPS) is 14.4. The first-order valence-corrected chi connectivity index (χ1v) is 10.4. The van der Waals surface area contributed by atoms with Gasteiger partial charge in [-0.05, 0) is 43.0 Å². The maximum Gasteiger partial charge on any atom is 0.348 e. The zero-order valence-electron chi connectivity index (χ0n) is 18.0. The minimum absolute atomic E-state index is 0.109. The van der Waals surface area contributed by atoms with Crippen molar-refractivity contribution in [1.82, 2.24) is 19.7 Å². The van der Waals surface area contributed by atoms with Crippen LogP contribution in [0.3, 0.4) is 0 Å². The molecule has 32 heavy (non-hydrogen) atoms. The van der Waals surface area contributed by atoms with Gasteiger partial charge in [0.1, 0.15) is 11.6 Å². The van der Waals surface area contributed by atoms with Crippen LogP contribution in [-0.4, -0.2) is 52.9 Å². The fourth-order valence-electron chi connectivity index (χ4n) is 4.17. The summed E-state index contributed by atoms with van der Waals surface area (Å²) >= 11 is 0. The summed E-state index contributed by atoms with van der Waals surface area (Å²) in [6, 6.07) is 11.4. The number of H-pyrrole nitrogens is 1. The number of aromatic amines is 1. The Morgan fingerprint density at radius 3 is 2.56 bits per heavy atom. The minimum atomic E-state index is -0.482. The van der Waals surface area contributed by atoms with Crippen molar-refractivity contribution in [3.05, 3.63) is 70.2 Å². The number of nitrogens with zero attached hydrogens (tertiary/aromatic N) is 3. The van der Waals surface area contributed by atoms with Gasteiger partial charge in [0, 0.05) is 19.5 Å². The molecule has 3 aromatic rings. The third-order valence-electron chi connectivity index (χ3n) is 5.84. The molecular weight excluding hydrogens is 415 g/mol. The predicted molar refractivity (Wildman–Crippen MR) is 116 cm³/mol. The Morgan fingerprint density at radius 1 is 1.12 bits per heavy atom. The lowest BCUT2D eigenvalue weighted by molar-refractivity contribution is 0.0685. The van der Waals surface area contributed by atoms with Crippen molar-refractivity contribution in [2.75, 3.05) is 27.3 Å². The van der Waals surface area contributed by atoms with Crippen LogP contribution < -0.4 is 15.2 Å². The largest absolute Gasteiger partial charge is 0.493 e. The van der Waals surface area contributed by atoms with E-state index in [1.807, 2.05) is 0 Å². The van der Waals surface area contributed by atoms with Crippen molar-refractivity contribution in [1.29, 1.82) is 0 Å². The van der Waals surface area contributed by atoms with Gasteiger partial charge < -0.3 is 14.4 Å². The molecule has 1 aliphatic heterocycles. The minimum Gasteiger partial charge on any atom is -0.493 e. The quantitative estimate of drug-likeness (QED) is 0.637. The molecule has 1 N–H and O–H groups in total. The average molecular weight is 440 g/mol. The smallest absolute Gasteiger partial charge is 0.348 e. The van der Waals surface area contributed by atoms with Gasteiger partial charge in [-0.15, -0.1) is 0 Å². The lowest BCUT2D eigenvalue weighted by atomic mass is 9.92. The van der Waals surface area contributed by atoms with Crippen molar-refractivity contribution >= 4 is 5.91 Å². The van der Waals surface area contributed by atoms with Crippen LogP contribution in [-0.2, 0) is 6.42 Å². The molecule has 2 heterocycles. The zero-order valence-corrected chi connectivity index (χ0v) is 18.0. The second-order valence-electron chi connectivity index (χ2n) is 7.71. The van der Waals surface area contributed by atoms with Gasteiger partial charge in [0.05, 0.1) is 25.5 Å². The number of hydrogen-bond acceptors (Lipinski definition) is 5. The standard InChI is InChI=1S/C23H25FN4O4/c1-31-19-9-5-6-16(21(19)32-2)22(29)27-12-10-15(11-13-27)14-20-25-26-23(30)28(20)18-8-4-3-7-17(18)24/h3-9,15H,10-14H2,1-2H3,(H,26,30). The Labute approximate surface area is 184 Å². The van der Waals surface area contributed by atoms with Crippen molar-refractivity contribution in [2.24, 2.45) is 5.92 Å². The van der Waals surface area contributed by atoms with Gasteiger partial charge in [-0.1, -0.05) is 18.2 Å². The zero-order chi connectivity index (χ0) is 22.7. The van der Waals surface area contributed by atoms with Crippen molar-refractivity contribution < 1.29 is 18.7 Å². The molecule has 9 heteroatoms. The van der Waals surface area contributed by atoms with Gasteiger partial charge in [0.15, 0.2) is 11.5 Å². The second kappa shape index (κ2) is 9.25. The summed E-state index contributed by atoms with van der Waals surface area (Å²) in [4.78, 5) is 27.1. The molecule has 1 aromatic heterocycles. The van der Waals surface area contributed by atoms with Crippen molar-refractivity contribution in [3.63, 3.8) is 0 Å². The van der Waals surface area contributed by atoms with Crippen molar-refractivity contribution in [3.8, 4) is 17.2 Å². The fraction of sp³-hybridized carbons (Fsp3) is 0.348. The molecule has 0 radical (unpaired) electrons. The number of nitrogens with one attached hydrogen (secondary N) is 1. The van der Waals surface area contributed by atoms with Crippen LogP contribution in [0.15, 0.2) is 47.3 Å². The molecule has 2 aromatic carbocycles. The molecule has 1 amide bonds.